The molecule has 2 unspecified atom stereocenters. The van der Waals surface area contributed by atoms with Crippen LogP contribution in [0.2, 0.25) is 0 Å². The SMILES string of the molecule is CN=CC(C)OCC1CO1. The first-order valence-electron chi connectivity index (χ1n) is 3.48. The van der Waals surface area contributed by atoms with Gasteiger partial charge in [0.1, 0.15) is 6.10 Å². The van der Waals surface area contributed by atoms with Crippen LogP contribution in [0.15, 0.2) is 4.99 Å². The van der Waals surface area contributed by atoms with Crippen molar-refractivity contribution in [2.45, 2.75) is 19.1 Å². The van der Waals surface area contributed by atoms with Crippen LogP contribution < -0.4 is 0 Å². The Hall–Kier alpha value is -0.410. The third kappa shape index (κ3) is 2.94. The van der Waals surface area contributed by atoms with E-state index in [4.69, 9.17) is 9.47 Å². The van der Waals surface area contributed by atoms with Crippen molar-refractivity contribution in [2.24, 2.45) is 4.99 Å². The molecule has 0 spiro atoms. The van der Waals surface area contributed by atoms with E-state index in [0.717, 1.165) is 6.61 Å². The van der Waals surface area contributed by atoms with E-state index < -0.39 is 0 Å². The second-order valence-corrected chi connectivity index (χ2v) is 2.40. The van der Waals surface area contributed by atoms with Gasteiger partial charge in [0.2, 0.25) is 0 Å². The highest BCUT2D eigenvalue weighted by Crippen LogP contribution is 2.09. The summed E-state index contributed by atoms with van der Waals surface area (Å²) in [5.41, 5.74) is 0. The van der Waals surface area contributed by atoms with Crippen LogP contribution in [-0.2, 0) is 9.47 Å². The molecule has 1 saturated heterocycles. The number of ether oxygens (including phenoxy) is 2. The van der Waals surface area contributed by atoms with Gasteiger partial charge >= 0.3 is 0 Å². The third-order valence-electron chi connectivity index (χ3n) is 1.31. The van der Waals surface area contributed by atoms with E-state index >= 15 is 0 Å². The van der Waals surface area contributed by atoms with Gasteiger partial charge in [-0.05, 0) is 6.92 Å². The standard InChI is InChI=1S/C7H13NO2/c1-6(3-8-2)9-4-7-5-10-7/h3,6-7H,4-5H2,1-2H3. The largest absolute Gasteiger partial charge is 0.371 e. The molecule has 0 amide bonds. The maximum atomic E-state index is 5.33. The van der Waals surface area contributed by atoms with Crippen LogP contribution in [0.25, 0.3) is 0 Å². The molecule has 2 atom stereocenters. The van der Waals surface area contributed by atoms with Crippen molar-refractivity contribution in [1.82, 2.24) is 0 Å². The summed E-state index contributed by atoms with van der Waals surface area (Å²) in [4.78, 5) is 3.84. The second kappa shape index (κ2) is 3.68. The van der Waals surface area contributed by atoms with Gasteiger partial charge in [-0.2, -0.15) is 0 Å². The minimum absolute atomic E-state index is 0.120. The number of hydrogen-bond donors (Lipinski definition) is 0. The minimum Gasteiger partial charge on any atom is -0.371 e. The van der Waals surface area contributed by atoms with Crippen molar-refractivity contribution in [3.8, 4) is 0 Å². The third-order valence-corrected chi connectivity index (χ3v) is 1.31. The van der Waals surface area contributed by atoms with Gasteiger partial charge in [0.25, 0.3) is 0 Å². The van der Waals surface area contributed by atoms with Crippen molar-refractivity contribution < 1.29 is 9.47 Å². The Balaban J connectivity index is 1.99. The Morgan fingerprint density at radius 3 is 3.10 bits per heavy atom. The predicted molar refractivity (Wildman–Crippen MR) is 39.6 cm³/mol. The lowest BCUT2D eigenvalue weighted by atomic mass is 10.4. The van der Waals surface area contributed by atoms with E-state index in [-0.39, 0.29) is 6.10 Å². The van der Waals surface area contributed by atoms with Crippen molar-refractivity contribution in [1.29, 1.82) is 0 Å². The molecule has 1 aliphatic heterocycles. The molecule has 1 aliphatic rings. The fraction of sp³-hybridized carbons (Fsp3) is 0.857. The monoisotopic (exact) mass is 143 g/mol. The van der Waals surface area contributed by atoms with Crippen molar-refractivity contribution in [3.63, 3.8) is 0 Å². The molecule has 1 heterocycles. The average molecular weight is 143 g/mol. The second-order valence-electron chi connectivity index (χ2n) is 2.40. The number of nitrogens with zero attached hydrogens (tertiary/aromatic N) is 1. The molecule has 0 aromatic rings. The molecule has 0 bridgehead atoms. The van der Waals surface area contributed by atoms with Gasteiger partial charge in [0.15, 0.2) is 0 Å². The first-order chi connectivity index (χ1) is 4.83. The molecule has 1 fully saturated rings. The highest BCUT2D eigenvalue weighted by molar-refractivity contribution is 5.62. The molecule has 3 heteroatoms. The average Bonchev–Trinajstić information content (AvgIpc) is 2.67. The van der Waals surface area contributed by atoms with Crippen molar-refractivity contribution >= 4 is 6.21 Å². The van der Waals surface area contributed by atoms with E-state index in [1.807, 2.05) is 6.92 Å². The molecule has 0 N–H and O–H groups in total. The van der Waals surface area contributed by atoms with Crippen LogP contribution in [0.1, 0.15) is 6.92 Å². The van der Waals surface area contributed by atoms with Crippen LogP contribution in [0.4, 0.5) is 0 Å². The number of epoxide rings is 1. The smallest absolute Gasteiger partial charge is 0.104 e. The van der Waals surface area contributed by atoms with Gasteiger partial charge in [0, 0.05) is 13.3 Å². The van der Waals surface area contributed by atoms with Gasteiger partial charge < -0.3 is 9.47 Å². The Labute approximate surface area is 61.0 Å². The van der Waals surface area contributed by atoms with E-state index in [9.17, 15) is 0 Å². The number of hydrogen-bond acceptors (Lipinski definition) is 3. The van der Waals surface area contributed by atoms with E-state index in [2.05, 4.69) is 4.99 Å². The lowest BCUT2D eigenvalue weighted by Gasteiger charge is -2.04. The predicted octanol–water partition coefficient (Wildman–Crippen LogP) is 0.491. The lowest BCUT2D eigenvalue weighted by Crippen LogP contribution is -2.13. The molecule has 10 heavy (non-hydrogen) atoms. The summed E-state index contributed by atoms with van der Waals surface area (Å²) in [6.07, 6.45) is 2.25. The van der Waals surface area contributed by atoms with Gasteiger partial charge in [0.05, 0.1) is 19.3 Å². The Kier molecular flexibility index (Phi) is 2.83. The summed E-state index contributed by atoms with van der Waals surface area (Å²) in [6.45, 7) is 3.53. The first-order valence-corrected chi connectivity index (χ1v) is 3.48. The molecule has 0 aliphatic carbocycles. The molecule has 3 nitrogen and oxygen atoms in total. The van der Waals surface area contributed by atoms with Crippen LogP contribution in [0.5, 0.6) is 0 Å². The Morgan fingerprint density at radius 2 is 2.60 bits per heavy atom. The zero-order valence-corrected chi connectivity index (χ0v) is 6.41. The molecular weight excluding hydrogens is 130 g/mol. The van der Waals surface area contributed by atoms with Crippen LogP contribution in [-0.4, -0.2) is 38.7 Å². The topological polar surface area (TPSA) is 34.1 Å². The van der Waals surface area contributed by atoms with Gasteiger partial charge in [-0.15, -0.1) is 0 Å². The summed E-state index contributed by atoms with van der Waals surface area (Å²) >= 11 is 0. The summed E-state index contributed by atoms with van der Waals surface area (Å²) in [5, 5.41) is 0. The van der Waals surface area contributed by atoms with Crippen LogP contribution in [0, 0.1) is 0 Å². The molecule has 0 saturated carbocycles. The van der Waals surface area contributed by atoms with Gasteiger partial charge in [-0.25, -0.2) is 0 Å². The molecular formula is C7H13NO2. The highest BCUT2D eigenvalue weighted by atomic mass is 16.6. The van der Waals surface area contributed by atoms with Crippen LogP contribution in [0.3, 0.4) is 0 Å². The summed E-state index contributed by atoms with van der Waals surface area (Å²) in [7, 11) is 1.74. The van der Waals surface area contributed by atoms with Gasteiger partial charge in [-0.3, -0.25) is 4.99 Å². The highest BCUT2D eigenvalue weighted by Gasteiger charge is 2.22. The maximum absolute atomic E-state index is 5.33. The number of aliphatic imine (C=N–C) groups is 1. The molecule has 58 valence electrons. The quantitative estimate of drug-likeness (QED) is 0.424. The van der Waals surface area contributed by atoms with E-state index in [1.165, 1.54) is 0 Å². The molecule has 0 aromatic heterocycles. The first kappa shape index (κ1) is 7.69. The fourth-order valence-corrected chi connectivity index (χ4v) is 0.676. The number of rotatable bonds is 4. The normalized spacial score (nSPS) is 27.2. The Bertz CT molecular complexity index is 121. The molecule has 0 radical (unpaired) electrons. The fourth-order valence-electron chi connectivity index (χ4n) is 0.676. The zero-order chi connectivity index (χ0) is 7.40. The van der Waals surface area contributed by atoms with Crippen molar-refractivity contribution in [2.75, 3.05) is 20.3 Å². The maximum Gasteiger partial charge on any atom is 0.104 e. The zero-order valence-electron chi connectivity index (χ0n) is 6.41. The van der Waals surface area contributed by atoms with E-state index in [1.54, 1.807) is 13.3 Å². The summed E-state index contributed by atoms with van der Waals surface area (Å²) in [6, 6.07) is 0. The molecule has 1 rings (SSSR count). The van der Waals surface area contributed by atoms with Crippen molar-refractivity contribution in [3.05, 3.63) is 0 Å². The Morgan fingerprint density at radius 1 is 1.90 bits per heavy atom. The lowest BCUT2D eigenvalue weighted by molar-refractivity contribution is 0.0968. The summed E-state index contributed by atoms with van der Waals surface area (Å²) in [5.74, 6) is 0. The summed E-state index contributed by atoms with van der Waals surface area (Å²) < 4.78 is 10.3. The van der Waals surface area contributed by atoms with E-state index in [0.29, 0.717) is 12.7 Å². The van der Waals surface area contributed by atoms with Crippen LogP contribution >= 0.6 is 0 Å². The van der Waals surface area contributed by atoms with Gasteiger partial charge in [-0.1, -0.05) is 0 Å². The minimum atomic E-state index is 0.120. The molecule has 0 aromatic carbocycles.